The number of ether oxygens (including phenoxy) is 1. The van der Waals surface area contributed by atoms with Crippen LogP contribution in [0.1, 0.15) is 34.3 Å². The first-order chi connectivity index (χ1) is 14.4. The summed E-state index contributed by atoms with van der Waals surface area (Å²) in [6, 6.07) is 12.8. The smallest absolute Gasteiger partial charge is 0.310 e. The molecule has 1 heterocycles. The summed E-state index contributed by atoms with van der Waals surface area (Å²) < 4.78 is 5.42. The molecular weight excluding hydrogens is 380 g/mol. The highest BCUT2D eigenvalue weighted by atomic mass is 16.6. The van der Waals surface area contributed by atoms with Crippen LogP contribution in [0.4, 0.5) is 11.4 Å². The highest BCUT2D eigenvalue weighted by Gasteiger charge is 2.63. The molecule has 2 bridgehead atoms. The Kier molecular flexibility index (Phi) is 4.38. The Morgan fingerprint density at radius 3 is 2.50 bits per heavy atom. The summed E-state index contributed by atoms with van der Waals surface area (Å²) >= 11 is 0. The Labute approximate surface area is 175 Å². The quantitative estimate of drug-likeness (QED) is 0.761. The lowest BCUT2D eigenvalue weighted by Gasteiger charge is -2.23. The molecule has 5 atom stereocenters. The molecular formula is C24H24N2O4. The highest BCUT2D eigenvalue weighted by Crippen LogP contribution is 2.57. The molecule has 6 nitrogen and oxygen atoms in total. The van der Waals surface area contributed by atoms with Crippen molar-refractivity contribution in [2.45, 2.75) is 32.8 Å². The van der Waals surface area contributed by atoms with Crippen molar-refractivity contribution in [3.63, 3.8) is 0 Å². The lowest BCUT2D eigenvalue weighted by atomic mass is 9.79. The SMILES string of the molecule is Cc1cccc(C)c1NC(=O)c1cccc(NC(=O)[C@H]2[C@@H]3C[C@@H]4[C@@H]2C(=O)O[C@@H]4C3)c1. The fourth-order valence-corrected chi connectivity index (χ4v) is 5.52. The maximum absolute atomic E-state index is 13.0. The van der Waals surface area contributed by atoms with Crippen molar-refractivity contribution in [2.75, 3.05) is 10.6 Å². The van der Waals surface area contributed by atoms with E-state index in [0.29, 0.717) is 11.3 Å². The Morgan fingerprint density at radius 2 is 1.73 bits per heavy atom. The third kappa shape index (κ3) is 2.98. The summed E-state index contributed by atoms with van der Waals surface area (Å²) in [7, 11) is 0. The van der Waals surface area contributed by atoms with Gasteiger partial charge < -0.3 is 15.4 Å². The maximum atomic E-state index is 13.0. The van der Waals surface area contributed by atoms with E-state index in [9.17, 15) is 14.4 Å². The van der Waals surface area contributed by atoms with Gasteiger partial charge in [0.1, 0.15) is 6.10 Å². The Hall–Kier alpha value is -3.15. The van der Waals surface area contributed by atoms with Gasteiger partial charge in [0.2, 0.25) is 5.91 Å². The van der Waals surface area contributed by atoms with Gasteiger partial charge in [-0.05, 0) is 61.9 Å². The van der Waals surface area contributed by atoms with Gasteiger partial charge in [-0.2, -0.15) is 0 Å². The van der Waals surface area contributed by atoms with Gasteiger partial charge in [0, 0.05) is 22.9 Å². The van der Waals surface area contributed by atoms with E-state index in [-0.39, 0.29) is 47.6 Å². The van der Waals surface area contributed by atoms with Crippen LogP contribution in [0.5, 0.6) is 0 Å². The molecule has 2 amide bonds. The minimum Gasteiger partial charge on any atom is -0.462 e. The van der Waals surface area contributed by atoms with Gasteiger partial charge >= 0.3 is 5.97 Å². The first-order valence-electron chi connectivity index (χ1n) is 10.4. The molecule has 3 fully saturated rings. The molecule has 2 aromatic rings. The highest BCUT2D eigenvalue weighted by molar-refractivity contribution is 6.06. The van der Waals surface area contributed by atoms with Crippen LogP contribution in [0.3, 0.4) is 0 Å². The second kappa shape index (κ2) is 6.97. The van der Waals surface area contributed by atoms with E-state index in [1.807, 2.05) is 32.0 Å². The normalized spacial score (nSPS) is 28.3. The van der Waals surface area contributed by atoms with E-state index in [1.165, 1.54) is 0 Å². The summed E-state index contributed by atoms with van der Waals surface area (Å²) in [6.45, 7) is 3.90. The number of hydrogen-bond donors (Lipinski definition) is 2. The fraction of sp³-hybridized carbons (Fsp3) is 0.375. The number of esters is 1. The molecule has 30 heavy (non-hydrogen) atoms. The minimum atomic E-state index is -0.339. The molecule has 0 spiro atoms. The van der Waals surface area contributed by atoms with Crippen LogP contribution in [-0.4, -0.2) is 23.9 Å². The zero-order chi connectivity index (χ0) is 21.0. The van der Waals surface area contributed by atoms with Gasteiger partial charge in [0.25, 0.3) is 5.91 Å². The zero-order valence-corrected chi connectivity index (χ0v) is 17.0. The number of aryl methyl sites for hydroxylation is 2. The van der Waals surface area contributed by atoms with Gasteiger partial charge in [-0.3, -0.25) is 14.4 Å². The summed E-state index contributed by atoms with van der Waals surface area (Å²) in [5.41, 5.74) is 3.80. The molecule has 2 saturated carbocycles. The second-order valence-electron chi connectivity index (χ2n) is 8.71. The summed E-state index contributed by atoms with van der Waals surface area (Å²) in [4.78, 5) is 37.9. The van der Waals surface area contributed by atoms with Gasteiger partial charge in [-0.25, -0.2) is 0 Å². The third-order valence-electron chi connectivity index (χ3n) is 6.90. The number of carbonyl (C=O) groups is 3. The van der Waals surface area contributed by atoms with Crippen LogP contribution in [0, 0.1) is 37.5 Å². The lowest BCUT2D eigenvalue weighted by Crippen LogP contribution is -2.35. The number of nitrogens with one attached hydrogen (secondary N) is 2. The van der Waals surface area contributed by atoms with Crippen molar-refractivity contribution in [1.29, 1.82) is 0 Å². The predicted octanol–water partition coefficient (Wildman–Crippen LogP) is 3.69. The van der Waals surface area contributed by atoms with E-state index < -0.39 is 0 Å². The van der Waals surface area contributed by atoms with E-state index in [4.69, 9.17) is 4.74 Å². The monoisotopic (exact) mass is 404 g/mol. The van der Waals surface area contributed by atoms with Gasteiger partial charge in [0.05, 0.1) is 11.8 Å². The Bertz CT molecular complexity index is 1040. The number of benzene rings is 2. The van der Waals surface area contributed by atoms with Gasteiger partial charge in [-0.1, -0.05) is 24.3 Å². The summed E-state index contributed by atoms with van der Waals surface area (Å²) in [6.07, 6.45) is 1.68. The maximum Gasteiger partial charge on any atom is 0.310 e. The molecule has 0 radical (unpaired) electrons. The number of amides is 2. The zero-order valence-electron chi connectivity index (χ0n) is 17.0. The molecule has 2 N–H and O–H groups in total. The molecule has 1 saturated heterocycles. The predicted molar refractivity (Wildman–Crippen MR) is 112 cm³/mol. The standard InChI is InChI=1S/C24H24N2O4/c1-12-5-3-6-13(2)21(12)26-22(27)14-7-4-8-16(9-14)25-23(28)19-15-10-17-18(11-15)30-24(29)20(17)19/h3-9,15,17-20H,10-11H2,1-2H3,(H,25,28)(H,26,27)/t15-,17+,18-,19+,20+/m1/s1. The average Bonchev–Trinajstić information content (AvgIpc) is 3.33. The van der Waals surface area contributed by atoms with Crippen molar-refractivity contribution < 1.29 is 19.1 Å². The van der Waals surface area contributed by atoms with E-state index in [1.54, 1.807) is 24.3 Å². The van der Waals surface area contributed by atoms with Crippen LogP contribution in [-0.2, 0) is 14.3 Å². The molecule has 6 heteroatoms. The second-order valence-corrected chi connectivity index (χ2v) is 8.71. The van der Waals surface area contributed by atoms with Crippen molar-refractivity contribution >= 4 is 29.2 Å². The largest absolute Gasteiger partial charge is 0.462 e. The van der Waals surface area contributed by atoms with Crippen LogP contribution >= 0.6 is 0 Å². The number of para-hydroxylation sites is 1. The number of fused-ring (bicyclic) bond motifs is 1. The number of anilines is 2. The van der Waals surface area contributed by atoms with Crippen molar-refractivity contribution in [3.05, 3.63) is 59.2 Å². The number of rotatable bonds is 4. The molecule has 1 aliphatic heterocycles. The fourth-order valence-electron chi connectivity index (χ4n) is 5.52. The lowest BCUT2D eigenvalue weighted by molar-refractivity contribution is -0.145. The molecule has 0 unspecified atom stereocenters. The summed E-state index contributed by atoms with van der Waals surface area (Å²) in [5, 5.41) is 5.89. The van der Waals surface area contributed by atoms with Crippen molar-refractivity contribution in [2.24, 2.45) is 23.7 Å². The average molecular weight is 404 g/mol. The number of hydrogen-bond acceptors (Lipinski definition) is 4. The minimum absolute atomic E-state index is 0.00785. The Balaban J connectivity index is 1.31. The first kappa shape index (κ1) is 18.9. The van der Waals surface area contributed by atoms with Crippen LogP contribution in [0.25, 0.3) is 0 Å². The van der Waals surface area contributed by atoms with Crippen LogP contribution < -0.4 is 10.6 Å². The summed E-state index contributed by atoms with van der Waals surface area (Å²) in [5.74, 6) is -0.882. The van der Waals surface area contributed by atoms with Crippen LogP contribution in [0.2, 0.25) is 0 Å². The topological polar surface area (TPSA) is 84.5 Å². The van der Waals surface area contributed by atoms with E-state index in [2.05, 4.69) is 10.6 Å². The van der Waals surface area contributed by atoms with Crippen molar-refractivity contribution in [3.8, 4) is 0 Å². The van der Waals surface area contributed by atoms with Crippen molar-refractivity contribution in [1.82, 2.24) is 0 Å². The number of carbonyl (C=O) groups excluding carboxylic acids is 3. The van der Waals surface area contributed by atoms with E-state index in [0.717, 1.165) is 29.7 Å². The first-order valence-corrected chi connectivity index (χ1v) is 10.4. The molecule has 154 valence electrons. The van der Waals surface area contributed by atoms with Gasteiger partial charge in [0.15, 0.2) is 0 Å². The molecule has 2 aliphatic carbocycles. The van der Waals surface area contributed by atoms with Crippen LogP contribution in [0.15, 0.2) is 42.5 Å². The third-order valence-corrected chi connectivity index (χ3v) is 6.90. The molecule has 5 rings (SSSR count). The van der Waals surface area contributed by atoms with Gasteiger partial charge in [-0.15, -0.1) is 0 Å². The molecule has 3 aliphatic rings. The molecule has 0 aromatic heterocycles. The molecule has 2 aromatic carbocycles. The van der Waals surface area contributed by atoms with E-state index >= 15 is 0 Å². The Morgan fingerprint density at radius 1 is 1.00 bits per heavy atom.